The Kier molecular flexibility index (Phi) is 3.68. The Balaban J connectivity index is 1.56. The lowest BCUT2D eigenvalue weighted by Crippen LogP contribution is -2.39. The summed E-state index contributed by atoms with van der Waals surface area (Å²) in [7, 11) is 0. The third-order valence-corrected chi connectivity index (χ3v) is 5.65. The second-order valence-electron chi connectivity index (χ2n) is 6.10. The first-order valence-corrected chi connectivity index (χ1v) is 7.99. The van der Waals surface area contributed by atoms with Crippen LogP contribution in [-0.2, 0) is 6.42 Å². The molecule has 4 unspecified atom stereocenters. The second kappa shape index (κ2) is 5.27. The van der Waals surface area contributed by atoms with Crippen LogP contribution in [0.3, 0.4) is 0 Å². The summed E-state index contributed by atoms with van der Waals surface area (Å²) < 4.78 is 0. The van der Waals surface area contributed by atoms with Crippen LogP contribution in [0.1, 0.15) is 42.8 Å². The third-order valence-electron chi connectivity index (χ3n) is 4.83. The molecule has 2 aliphatic rings. The highest BCUT2D eigenvalue weighted by atomic mass is 32.1. The van der Waals surface area contributed by atoms with Gasteiger partial charge in [0, 0.05) is 17.8 Å². The highest BCUT2D eigenvalue weighted by Crippen LogP contribution is 2.49. The smallest absolute Gasteiger partial charge is 0.0897 e. The van der Waals surface area contributed by atoms with Gasteiger partial charge in [0.25, 0.3) is 0 Å². The summed E-state index contributed by atoms with van der Waals surface area (Å²) in [5, 5.41) is 3.32. The zero-order valence-corrected chi connectivity index (χ0v) is 11.9. The molecule has 1 aromatic heterocycles. The maximum Gasteiger partial charge on any atom is 0.0897 e. The van der Waals surface area contributed by atoms with E-state index in [1.807, 2.05) is 0 Å². The predicted molar refractivity (Wildman–Crippen MR) is 75.2 cm³/mol. The van der Waals surface area contributed by atoms with Crippen LogP contribution in [0.2, 0.25) is 0 Å². The summed E-state index contributed by atoms with van der Waals surface area (Å²) in [5.74, 6) is 8.65. The molecule has 1 aromatic rings. The summed E-state index contributed by atoms with van der Waals surface area (Å²) >= 11 is 1.73. The number of hydrazine groups is 1. The summed E-state index contributed by atoms with van der Waals surface area (Å²) in [6, 6.07) is 0.399. The number of hydrogen-bond donors (Lipinski definition) is 2. The van der Waals surface area contributed by atoms with Crippen LogP contribution < -0.4 is 11.3 Å². The molecule has 2 aliphatic carbocycles. The maximum absolute atomic E-state index is 5.73. The molecule has 3 rings (SSSR count). The second-order valence-corrected chi connectivity index (χ2v) is 7.16. The van der Waals surface area contributed by atoms with Crippen molar-refractivity contribution in [1.29, 1.82) is 0 Å². The average Bonchev–Trinajstić information content (AvgIpc) is 3.05. The Morgan fingerprint density at radius 3 is 2.94 bits per heavy atom. The van der Waals surface area contributed by atoms with Gasteiger partial charge in [0.1, 0.15) is 0 Å². The van der Waals surface area contributed by atoms with Gasteiger partial charge < -0.3 is 0 Å². The van der Waals surface area contributed by atoms with Crippen molar-refractivity contribution in [3.63, 3.8) is 0 Å². The zero-order chi connectivity index (χ0) is 12.5. The van der Waals surface area contributed by atoms with E-state index in [4.69, 9.17) is 5.84 Å². The van der Waals surface area contributed by atoms with Crippen LogP contribution in [-0.4, -0.2) is 11.0 Å². The van der Waals surface area contributed by atoms with E-state index in [0.717, 1.165) is 29.2 Å². The van der Waals surface area contributed by atoms with E-state index >= 15 is 0 Å². The summed E-state index contributed by atoms with van der Waals surface area (Å²) in [6.07, 6.45) is 8.08. The molecule has 4 heteroatoms. The number of fused-ring (bicyclic) bond motifs is 2. The van der Waals surface area contributed by atoms with Crippen LogP contribution in [0.25, 0.3) is 0 Å². The average molecular weight is 265 g/mol. The Bertz CT molecular complexity index is 403. The van der Waals surface area contributed by atoms with Crippen LogP contribution in [0.4, 0.5) is 0 Å². The van der Waals surface area contributed by atoms with Crippen molar-refractivity contribution in [2.24, 2.45) is 23.6 Å². The van der Waals surface area contributed by atoms with Gasteiger partial charge in [-0.2, -0.15) is 0 Å². The van der Waals surface area contributed by atoms with E-state index in [9.17, 15) is 0 Å². The van der Waals surface area contributed by atoms with Crippen LogP contribution in [0.15, 0.2) is 5.38 Å². The molecule has 1 heterocycles. The molecule has 4 atom stereocenters. The highest BCUT2D eigenvalue weighted by molar-refractivity contribution is 7.09. The molecule has 18 heavy (non-hydrogen) atoms. The number of aryl methyl sites for hydroxylation is 1. The van der Waals surface area contributed by atoms with E-state index < -0.39 is 0 Å². The SMILES string of the molecule is Cc1nc(CC(CC2CC3CCC2C3)NN)cs1. The lowest BCUT2D eigenvalue weighted by Gasteiger charge is -2.26. The molecule has 2 bridgehead atoms. The Morgan fingerprint density at radius 2 is 2.39 bits per heavy atom. The standard InChI is InChI=1S/C14H23N3S/c1-9-16-14(8-18-9)7-13(17-15)6-12-5-10-2-3-11(12)4-10/h8,10-13,17H,2-7,15H2,1H3. The largest absolute Gasteiger partial charge is 0.271 e. The number of nitrogens with two attached hydrogens (primary N) is 1. The first-order valence-electron chi connectivity index (χ1n) is 7.11. The lowest BCUT2D eigenvalue weighted by molar-refractivity contribution is 0.277. The van der Waals surface area contributed by atoms with Crippen molar-refractivity contribution >= 4 is 11.3 Å². The van der Waals surface area contributed by atoms with Crippen molar-refractivity contribution in [1.82, 2.24) is 10.4 Å². The highest BCUT2D eigenvalue weighted by Gasteiger charge is 2.39. The first-order chi connectivity index (χ1) is 8.74. The maximum atomic E-state index is 5.73. The van der Waals surface area contributed by atoms with E-state index in [2.05, 4.69) is 22.7 Å². The van der Waals surface area contributed by atoms with E-state index in [1.54, 1.807) is 11.3 Å². The minimum Gasteiger partial charge on any atom is -0.271 e. The minimum atomic E-state index is 0.399. The third kappa shape index (κ3) is 2.60. The van der Waals surface area contributed by atoms with Gasteiger partial charge in [-0.1, -0.05) is 6.42 Å². The van der Waals surface area contributed by atoms with Crippen molar-refractivity contribution in [2.75, 3.05) is 0 Å². The molecule has 3 N–H and O–H groups in total. The Hall–Kier alpha value is -0.450. The molecule has 0 spiro atoms. The number of aromatic nitrogens is 1. The van der Waals surface area contributed by atoms with Crippen molar-refractivity contribution in [3.05, 3.63) is 16.1 Å². The lowest BCUT2D eigenvalue weighted by atomic mass is 9.83. The first kappa shape index (κ1) is 12.6. The van der Waals surface area contributed by atoms with Gasteiger partial charge in [-0.25, -0.2) is 4.98 Å². The number of hydrogen-bond acceptors (Lipinski definition) is 4. The van der Waals surface area contributed by atoms with Gasteiger partial charge in [0.15, 0.2) is 0 Å². The van der Waals surface area contributed by atoms with Gasteiger partial charge in [-0.05, 0) is 50.4 Å². The van der Waals surface area contributed by atoms with Crippen LogP contribution in [0, 0.1) is 24.7 Å². The normalized spacial score (nSPS) is 32.0. The molecule has 0 amide bonds. The zero-order valence-electron chi connectivity index (χ0n) is 11.1. The minimum absolute atomic E-state index is 0.399. The predicted octanol–water partition coefficient (Wildman–Crippen LogP) is 2.65. The molecule has 2 fully saturated rings. The number of nitrogens with one attached hydrogen (secondary N) is 1. The number of rotatable bonds is 5. The topological polar surface area (TPSA) is 50.9 Å². The van der Waals surface area contributed by atoms with E-state index in [1.165, 1.54) is 37.8 Å². The fourth-order valence-electron chi connectivity index (χ4n) is 4.00. The molecular formula is C14H23N3S. The summed E-state index contributed by atoms with van der Waals surface area (Å²) in [6.45, 7) is 2.06. The van der Waals surface area contributed by atoms with Gasteiger partial charge in [0.05, 0.1) is 10.7 Å². The van der Waals surface area contributed by atoms with E-state index in [0.29, 0.717) is 6.04 Å². The summed E-state index contributed by atoms with van der Waals surface area (Å²) in [5.41, 5.74) is 4.21. The van der Waals surface area contributed by atoms with Gasteiger partial charge >= 0.3 is 0 Å². The fourth-order valence-corrected chi connectivity index (χ4v) is 4.62. The van der Waals surface area contributed by atoms with Crippen LogP contribution >= 0.6 is 11.3 Å². The molecule has 100 valence electrons. The van der Waals surface area contributed by atoms with Crippen LogP contribution in [0.5, 0.6) is 0 Å². The van der Waals surface area contributed by atoms with Gasteiger partial charge in [-0.15, -0.1) is 11.3 Å². The van der Waals surface area contributed by atoms with E-state index in [-0.39, 0.29) is 0 Å². The molecule has 2 saturated carbocycles. The quantitative estimate of drug-likeness (QED) is 0.635. The number of nitrogens with zero attached hydrogens (tertiary/aromatic N) is 1. The van der Waals surface area contributed by atoms with Gasteiger partial charge in [-0.3, -0.25) is 11.3 Å². The Morgan fingerprint density at radius 1 is 1.50 bits per heavy atom. The van der Waals surface area contributed by atoms with Gasteiger partial charge in [0.2, 0.25) is 0 Å². The van der Waals surface area contributed by atoms with Crippen molar-refractivity contribution in [3.8, 4) is 0 Å². The molecule has 0 radical (unpaired) electrons. The Labute approximate surface area is 113 Å². The molecular weight excluding hydrogens is 242 g/mol. The molecule has 0 aromatic carbocycles. The number of thiazole rings is 1. The van der Waals surface area contributed by atoms with Crippen molar-refractivity contribution < 1.29 is 0 Å². The summed E-state index contributed by atoms with van der Waals surface area (Å²) in [4.78, 5) is 4.54. The molecule has 0 aliphatic heterocycles. The monoisotopic (exact) mass is 265 g/mol. The fraction of sp³-hybridized carbons (Fsp3) is 0.786. The van der Waals surface area contributed by atoms with Crippen molar-refractivity contribution in [2.45, 2.75) is 51.5 Å². The molecule has 0 saturated heterocycles. The molecule has 3 nitrogen and oxygen atoms in total.